The van der Waals surface area contributed by atoms with Crippen LogP contribution in [0.4, 0.5) is 5.69 Å². The minimum Gasteiger partial charge on any atom is -0.382 e. The van der Waals surface area contributed by atoms with Crippen LogP contribution >= 0.6 is 0 Å². The zero-order valence-electron chi connectivity index (χ0n) is 10.9. The van der Waals surface area contributed by atoms with Gasteiger partial charge in [0.1, 0.15) is 0 Å². The molecule has 100 valence electrons. The third-order valence-electron chi connectivity index (χ3n) is 3.92. The molecule has 0 radical (unpaired) electrons. The van der Waals surface area contributed by atoms with Gasteiger partial charge in [-0.1, -0.05) is 6.07 Å². The van der Waals surface area contributed by atoms with E-state index in [9.17, 15) is 0 Å². The summed E-state index contributed by atoms with van der Waals surface area (Å²) in [6, 6.07) is 10.2. The molecular weight excluding hydrogens is 240 g/mol. The summed E-state index contributed by atoms with van der Waals surface area (Å²) in [7, 11) is 0. The highest BCUT2D eigenvalue weighted by molar-refractivity contribution is 5.49. The summed E-state index contributed by atoms with van der Waals surface area (Å²) in [4.78, 5) is 0. The van der Waals surface area contributed by atoms with Gasteiger partial charge in [-0.3, -0.25) is 0 Å². The lowest BCUT2D eigenvalue weighted by Gasteiger charge is -2.37. The normalized spacial score (nSPS) is 30.2. The molecule has 1 spiro atoms. The second kappa shape index (κ2) is 5.20. The van der Waals surface area contributed by atoms with Crippen LogP contribution in [0.1, 0.15) is 24.8 Å². The van der Waals surface area contributed by atoms with Gasteiger partial charge in [0.05, 0.1) is 23.8 Å². The van der Waals surface area contributed by atoms with Crippen LogP contribution in [0.2, 0.25) is 0 Å². The van der Waals surface area contributed by atoms with Crippen molar-refractivity contribution in [1.29, 1.82) is 5.26 Å². The maximum absolute atomic E-state index is 8.92. The Morgan fingerprint density at radius 3 is 3.11 bits per heavy atom. The van der Waals surface area contributed by atoms with Crippen LogP contribution in [0.25, 0.3) is 0 Å². The lowest BCUT2D eigenvalue weighted by molar-refractivity contribution is -0.0828. The molecule has 2 aliphatic rings. The molecule has 1 aromatic rings. The molecule has 4 nitrogen and oxygen atoms in total. The summed E-state index contributed by atoms with van der Waals surface area (Å²) in [5.41, 5.74) is 1.62. The van der Waals surface area contributed by atoms with Crippen LogP contribution in [-0.4, -0.2) is 31.5 Å². The van der Waals surface area contributed by atoms with Gasteiger partial charge in [0, 0.05) is 31.4 Å². The number of ether oxygens (including phenoxy) is 2. The van der Waals surface area contributed by atoms with Gasteiger partial charge in [-0.15, -0.1) is 0 Å². The Morgan fingerprint density at radius 2 is 2.32 bits per heavy atom. The minimum atomic E-state index is -0.0806. The topological polar surface area (TPSA) is 54.3 Å². The molecule has 19 heavy (non-hydrogen) atoms. The maximum Gasteiger partial charge on any atom is 0.0992 e. The Morgan fingerprint density at radius 1 is 1.37 bits per heavy atom. The Bertz CT molecular complexity index is 489. The van der Waals surface area contributed by atoms with E-state index in [4.69, 9.17) is 14.7 Å². The predicted molar refractivity (Wildman–Crippen MR) is 71.9 cm³/mol. The van der Waals surface area contributed by atoms with E-state index < -0.39 is 0 Å². The van der Waals surface area contributed by atoms with Crippen molar-refractivity contribution in [3.8, 4) is 6.07 Å². The third-order valence-corrected chi connectivity index (χ3v) is 3.92. The van der Waals surface area contributed by atoms with Gasteiger partial charge in [-0.05, 0) is 31.0 Å². The van der Waals surface area contributed by atoms with Gasteiger partial charge < -0.3 is 14.8 Å². The number of hydrogen-bond acceptors (Lipinski definition) is 4. The molecule has 2 saturated heterocycles. The Hall–Kier alpha value is -1.57. The number of nitriles is 1. The van der Waals surface area contributed by atoms with Crippen molar-refractivity contribution in [1.82, 2.24) is 0 Å². The van der Waals surface area contributed by atoms with Crippen molar-refractivity contribution < 1.29 is 9.47 Å². The number of rotatable bonds is 2. The quantitative estimate of drug-likeness (QED) is 0.884. The highest BCUT2D eigenvalue weighted by Gasteiger charge is 2.40. The number of nitrogens with one attached hydrogen (secondary N) is 1. The van der Waals surface area contributed by atoms with Gasteiger partial charge in [0.15, 0.2) is 0 Å². The molecule has 0 amide bonds. The third kappa shape index (κ3) is 2.73. The lowest BCUT2D eigenvalue weighted by atomic mass is 9.89. The van der Waals surface area contributed by atoms with Crippen LogP contribution < -0.4 is 5.32 Å². The summed E-state index contributed by atoms with van der Waals surface area (Å²) < 4.78 is 11.4. The van der Waals surface area contributed by atoms with Crippen LogP contribution in [-0.2, 0) is 9.47 Å². The second-order valence-corrected chi connectivity index (χ2v) is 5.36. The summed E-state index contributed by atoms with van der Waals surface area (Å²) in [6.45, 7) is 2.29. The molecule has 4 heteroatoms. The highest BCUT2D eigenvalue weighted by atomic mass is 16.6. The smallest absolute Gasteiger partial charge is 0.0992 e. The first-order valence-electron chi connectivity index (χ1n) is 6.78. The molecule has 0 aromatic heterocycles. The molecule has 0 saturated carbocycles. The van der Waals surface area contributed by atoms with Crippen LogP contribution in [0.15, 0.2) is 24.3 Å². The first kappa shape index (κ1) is 12.5. The fourth-order valence-electron chi connectivity index (χ4n) is 2.93. The van der Waals surface area contributed by atoms with E-state index in [2.05, 4.69) is 11.4 Å². The summed E-state index contributed by atoms with van der Waals surface area (Å²) in [6.07, 6.45) is 2.96. The summed E-state index contributed by atoms with van der Waals surface area (Å²) in [5.74, 6) is 0. The second-order valence-electron chi connectivity index (χ2n) is 5.36. The standard InChI is InChI=1S/C15H18N2O2/c16-10-12-2-1-3-13(8-12)17-14-4-6-19-15(9-14)5-7-18-11-15/h1-3,8,14,17H,4-7,9,11H2. The van der Waals surface area contributed by atoms with E-state index in [0.717, 1.165) is 38.2 Å². The lowest BCUT2D eigenvalue weighted by Crippen LogP contribution is -2.44. The number of anilines is 1. The number of benzene rings is 1. The number of hydrogen-bond donors (Lipinski definition) is 1. The molecule has 2 aliphatic heterocycles. The van der Waals surface area contributed by atoms with E-state index in [-0.39, 0.29) is 5.60 Å². The molecule has 2 fully saturated rings. The molecule has 0 aliphatic carbocycles. The van der Waals surface area contributed by atoms with Crippen LogP contribution in [0.3, 0.4) is 0 Å². The first-order chi connectivity index (χ1) is 9.30. The van der Waals surface area contributed by atoms with E-state index in [1.807, 2.05) is 24.3 Å². The fourth-order valence-corrected chi connectivity index (χ4v) is 2.93. The molecular formula is C15H18N2O2. The van der Waals surface area contributed by atoms with E-state index in [1.54, 1.807) is 0 Å². The SMILES string of the molecule is N#Cc1cccc(NC2CCOC3(CCOC3)C2)c1. The summed E-state index contributed by atoms with van der Waals surface area (Å²) in [5, 5.41) is 12.4. The molecule has 2 atom stereocenters. The van der Waals surface area contributed by atoms with Gasteiger partial charge in [-0.2, -0.15) is 5.26 Å². The monoisotopic (exact) mass is 258 g/mol. The van der Waals surface area contributed by atoms with Crippen molar-refractivity contribution in [3.05, 3.63) is 29.8 Å². The predicted octanol–water partition coefficient (Wildman–Crippen LogP) is 2.31. The maximum atomic E-state index is 8.92. The van der Waals surface area contributed by atoms with Crippen LogP contribution in [0, 0.1) is 11.3 Å². The molecule has 2 unspecified atom stereocenters. The van der Waals surface area contributed by atoms with Gasteiger partial charge >= 0.3 is 0 Å². The summed E-state index contributed by atoms with van der Waals surface area (Å²) >= 11 is 0. The van der Waals surface area contributed by atoms with Gasteiger partial charge in [0.25, 0.3) is 0 Å². The average molecular weight is 258 g/mol. The van der Waals surface area contributed by atoms with Crippen molar-refractivity contribution in [3.63, 3.8) is 0 Å². The Balaban J connectivity index is 1.67. The van der Waals surface area contributed by atoms with Gasteiger partial charge in [-0.25, -0.2) is 0 Å². The first-order valence-corrected chi connectivity index (χ1v) is 6.78. The van der Waals surface area contributed by atoms with E-state index >= 15 is 0 Å². The molecule has 2 heterocycles. The molecule has 3 rings (SSSR count). The minimum absolute atomic E-state index is 0.0806. The van der Waals surface area contributed by atoms with E-state index in [0.29, 0.717) is 18.2 Å². The zero-order valence-corrected chi connectivity index (χ0v) is 10.9. The molecule has 0 bridgehead atoms. The number of nitrogens with zero attached hydrogens (tertiary/aromatic N) is 1. The molecule has 1 aromatic carbocycles. The Labute approximate surface area is 113 Å². The largest absolute Gasteiger partial charge is 0.382 e. The zero-order chi connectivity index (χ0) is 13.1. The van der Waals surface area contributed by atoms with Crippen LogP contribution in [0.5, 0.6) is 0 Å². The van der Waals surface area contributed by atoms with Crippen molar-refractivity contribution in [2.45, 2.75) is 30.9 Å². The van der Waals surface area contributed by atoms with E-state index in [1.165, 1.54) is 0 Å². The van der Waals surface area contributed by atoms with Gasteiger partial charge in [0.2, 0.25) is 0 Å². The highest BCUT2D eigenvalue weighted by Crippen LogP contribution is 2.34. The fraction of sp³-hybridized carbons (Fsp3) is 0.533. The molecule has 1 N–H and O–H groups in total. The Kier molecular flexibility index (Phi) is 3.41. The average Bonchev–Trinajstić information content (AvgIpc) is 2.87. The van der Waals surface area contributed by atoms with Crippen molar-refractivity contribution in [2.24, 2.45) is 0 Å². The van der Waals surface area contributed by atoms with Crippen molar-refractivity contribution in [2.75, 3.05) is 25.1 Å². The van der Waals surface area contributed by atoms with Crippen molar-refractivity contribution >= 4 is 5.69 Å².